The number of aryl methyl sites for hydroxylation is 2. The molecule has 0 bridgehead atoms. The van der Waals surface area contributed by atoms with Crippen LogP contribution in [0, 0.1) is 13.8 Å². The van der Waals surface area contributed by atoms with Gasteiger partial charge in [-0.3, -0.25) is 20.4 Å². The standard InChI is InChI=1S/C33H27Cl3F3N3O4/c1-17-10-18(2)27(35)12-21(17)13-30(44)31(19(3)43)42-41-29-9-4-20(11-28(29)36)32(45)40-24-14-22(33(37,38)39)15-26(16-24)46-25-7-5-23(34)6-8-25/h4-12,14-16,41-42,44H,13H2,1-3H3,(H,40,45)/b31-30-. The normalized spacial score (nSPS) is 11.8. The van der Waals surface area contributed by atoms with E-state index in [0.717, 1.165) is 28.8 Å². The van der Waals surface area contributed by atoms with Crippen molar-refractivity contribution < 1.29 is 32.6 Å². The minimum atomic E-state index is -4.71. The second-order valence-electron chi connectivity index (χ2n) is 10.3. The number of ketones is 1. The Morgan fingerprint density at radius 1 is 0.848 bits per heavy atom. The molecule has 0 unspecified atom stereocenters. The first-order valence-electron chi connectivity index (χ1n) is 13.6. The quantitative estimate of drug-likeness (QED) is 0.0750. The van der Waals surface area contributed by atoms with Gasteiger partial charge in [0.15, 0.2) is 5.78 Å². The largest absolute Gasteiger partial charge is 0.510 e. The third-order valence-electron chi connectivity index (χ3n) is 6.71. The Hall–Kier alpha value is -4.38. The molecule has 4 rings (SSSR count). The number of alkyl halides is 3. The molecule has 0 aliphatic rings. The van der Waals surface area contributed by atoms with Crippen LogP contribution in [0.3, 0.4) is 0 Å². The number of amides is 1. The first-order chi connectivity index (χ1) is 21.6. The highest BCUT2D eigenvalue weighted by molar-refractivity contribution is 6.33. The van der Waals surface area contributed by atoms with Crippen LogP contribution in [0.2, 0.25) is 15.1 Å². The Kier molecular flexibility index (Phi) is 10.8. The van der Waals surface area contributed by atoms with Crippen LogP contribution >= 0.6 is 34.8 Å². The van der Waals surface area contributed by atoms with Gasteiger partial charge in [-0.15, -0.1) is 0 Å². The number of benzene rings is 4. The van der Waals surface area contributed by atoms with Crippen molar-refractivity contribution in [3.05, 3.63) is 127 Å². The molecule has 13 heteroatoms. The van der Waals surface area contributed by atoms with Crippen LogP contribution in [-0.2, 0) is 17.4 Å². The summed E-state index contributed by atoms with van der Waals surface area (Å²) in [5, 5.41) is 14.2. The molecule has 0 aromatic heterocycles. The van der Waals surface area contributed by atoms with E-state index in [9.17, 15) is 27.9 Å². The molecule has 7 nitrogen and oxygen atoms in total. The van der Waals surface area contributed by atoms with Crippen molar-refractivity contribution in [2.75, 3.05) is 10.7 Å². The number of hydrogen-bond donors (Lipinski definition) is 4. The fourth-order valence-electron chi connectivity index (χ4n) is 4.31. The Bertz CT molecular complexity index is 1830. The number of aliphatic hydroxyl groups excluding tert-OH is 1. The van der Waals surface area contributed by atoms with Crippen molar-refractivity contribution in [2.24, 2.45) is 0 Å². The minimum absolute atomic E-state index is 0.0320. The monoisotopic (exact) mass is 691 g/mol. The third-order valence-corrected chi connectivity index (χ3v) is 7.68. The summed E-state index contributed by atoms with van der Waals surface area (Å²) in [6.07, 6.45) is -4.68. The molecule has 46 heavy (non-hydrogen) atoms. The second kappa shape index (κ2) is 14.4. The molecule has 0 radical (unpaired) electrons. The minimum Gasteiger partial charge on any atom is -0.510 e. The van der Waals surface area contributed by atoms with Gasteiger partial charge in [0.2, 0.25) is 0 Å². The topological polar surface area (TPSA) is 99.7 Å². The summed E-state index contributed by atoms with van der Waals surface area (Å²) in [5.74, 6) is -1.36. The van der Waals surface area contributed by atoms with Gasteiger partial charge in [-0.1, -0.05) is 40.9 Å². The van der Waals surface area contributed by atoms with Gasteiger partial charge in [-0.2, -0.15) is 13.2 Å². The number of halogens is 6. The van der Waals surface area contributed by atoms with Crippen molar-refractivity contribution in [2.45, 2.75) is 33.4 Å². The number of hydrazine groups is 1. The van der Waals surface area contributed by atoms with E-state index in [1.54, 1.807) is 6.07 Å². The molecule has 4 aromatic carbocycles. The lowest BCUT2D eigenvalue weighted by Gasteiger charge is -2.16. The maximum absolute atomic E-state index is 13.6. The molecular weight excluding hydrogens is 666 g/mol. The first kappa shape index (κ1) is 34.5. The number of rotatable bonds is 10. The zero-order chi connectivity index (χ0) is 33.8. The molecule has 0 fully saturated rings. The SMILES string of the molecule is CC(=O)/C(NNc1ccc(C(=O)Nc2cc(Oc3ccc(Cl)cc3)cc(C(F)(F)F)c2)cc1Cl)=C(/O)Cc1cc(Cl)c(C)cc1C. The van der Waals surface area contributed by atoms with Gasteiger partial charge < -0.3 is 15.2 Å². The maximum atomic E-state index is 13.6. The molecule has 0 aliphatic heterocycles. The van der Waals surface area contributed by atoms with Gasteiger partial charge in [-0.25, -0.2) is 0 Å². The number of carbonyl (C=O) groups is 2. The number of Topliss-reactive ketones (excluding diaryl/α,β-unsaturated/α-hetero) is 1. The van der Waals surface area contributed by atoms with Gasteiger partial charge >= 0.3 is 6.18 Å². The van der Waals surface area contributed by atoms with E-state index in [1.807, 2.05) is 19.9 Å². The van der Waals surface area contributed by atoms with Crippen LogP contribution in [-0.4, -0.2) is 16.8 Å². The molecule has 0 saturated carbocycles. The summed E-state index contributed by atoms with van der Waals surface area (Å²) >= 11 is 18.5. The second-order valence-corrected chi connectivity index (χ2v) is 11.5. The molecule has 240 valence electrons. The van der Waals surface area contributed by atoms with E-state index in [4.69, 9.17) is 39.5 Å². The number of carbonyl (C=O) groups excluding carboxylic acids is 2. The van der Waals surface area contributed by atoms with E-state index in [1.165, 1.54) is 55.5 Å². The Labute approximate surface area is 277 Å². The van der Waals surface area contributed by atoms with Crippen LogP contribution in [0.25, 0.3) is 0 Å². The lowest BCUT2D eigenvalue weighted by atomic mass is 10.0. The predicted molar refractivity (Wildman–Crippen MR) is 174 cm³/mol. The summed E-state index contributed by atoms with van der Waals surface area (Å²) in [4.78, 5) is 25.3. The fraction of sp³-hybridized carbons (Fsp3) is 0.152. The highest BCUT2D eigenvalue weighted by atomic mass is 35.5. The molecule has 0 heterocycles. The predicted octanol–water partition coefficient (Wildman–Crippen LogP) is 9.84. The lowest BCUT2D eigenvalue weighted by molar-refractivity contribution is -0.137. The molecule has 4 aromatic rings. The number of anilines is 2. The number of nitrogens with one attached hydrogen (secondary N) is 3. The first-order valence-corrected chi connectivity index (χ1v) is 14.7. The molecule has 0 atom stereocenters. The highest BCUT2D eigenvalue weighted by Gasteiger charge is 2.32. The number of allylic oxidation sites excluding steroid dienone is 2. The molecular formula is C33H27Cl3F3N3O4. The average molecular weight is 693 g/mol. The van der Waals surface area contributed by atoms with Crippen LogP contribution < -0.4 is 20.9 Å². The van der Waals surface area contributed by atoms with Crippen molar-refractivity contribution in [3.8, 4) is 11.5 Å². The highest BCUT2D eigenvalue weighted by Crippen LogP contribution is 2.36. The van der Waals surface area contributed by atoms with E-state index in [-0.39, 0.29) is 51.3 Å². The summed E-state index contributed by atoms with van der Waals surface area (Å²) in [6, 6.07) is 16.5. The zero-order valence-electron chi connectivity index (χ0n) is 24.6. The van der Waals surface area contributed by atoms with E-state index in [2.05, 4.69) is 16.2 Å². The summed E-state index contributed by atoms with van der Waals surface area (Å²) in [5.41, 5.74) is 6.87. The van der Waals surface area contributed by atoms with Gasteiger partial charge in [0, 0.05) is 40.7 Å². The van der Waals surface area contributed by atoms with Crippen molar-refractivity contribution in [1.29, 1.82) is 0 Å². The molecule has 0 aliphatic carbocycles. The van der Waals surface area contributed by atoms with Crippen LogP contribution in [0.4, 0.5) is 24.5 Å². The smallest absolute Gasteiger partial charge is 0.416 e. The number of aliphatic hydroxyl groups is 1. The van der Waals surface area contributed by atoms with Crippen molar-refractivity contribution >= 4 is 57.9 Å². The Balaban J connectivity index is 1.50. The third kappa shape index (κ3) is 8.87. The number of ether oxygens (including phenoxy) is 1. The van der Waals surface area contributed by atoms with Crippen LogP contribution in [0.5, 0.6) is 11.5 Å². The Morgan fingerprint density at radius 3 is 2.17 bits per heavy atom. The average Bonchev–Trinajstić information content (AvgIpc) is 2.97. The maximum Gasteiger partial charge on any atom is 0.416 e. The van der Waals surface area contributed by atoms with Crippen LogP contribution in [0.1, 0.15) is 39.5 Å². The zero-order valence-corrected chi connectivity index (χ0v) is 26.8. The van der Waals surface area contributed by atoms with E-state index >= 15 is 0 Å². The van der Waals surface area contributed by atoms with Gasteiger partial charge in [0.1, 0.15) is 23.0 Å². The fourth-order valence-corrected chi connectivity index (χ4v) is 4.85. The summed E-state index contributed by atoms with van der Waals surface area (Å²) in [7, 11) is 0. The molecule has 0 saturated heterocycles. The van der Waals surface area contributed by atoms with Gasteiger partial charge in [-0.05, 0) is 91.2 Å². The van der Waals surface area contributed by atoms with Crippen molar-refractivity contribution in [3.63, 3.8) is 0 Å². The molecule has 4 N–H and O–H groups in total. The Morgan fingerprint density at radius 2 is 1.54 bits per heavy atom. The van der Waals surface area contributed by atoms with Crippen molar-refractivity contribution in [1.82, 2.24) is 5.43 Å². The van der Waals surface area contributed by atoms with E-state index < -0.39 is 23.4 Å². The van der Waals surface area contributed by atoms with E-state index in [0.29, 0.717) is 10.0 Å². The van der Waals surface area contributed by atoms with Crippen LogP contribution in [0.15, 0.2) is 84.3 Å². The van der Waals surface area contributed by atoms with Gasteiger partial charge in [0.25, 0.3) is 5.91 Å². The summed E-state index contributed by atoms with van der Waals surface area (Å²) in [6.45, 7) is 4.99. The lowest BCUT2D eigenvalue weighted by Crippen LogP contribution is -2.27. The van der Waals surface area contributed by atoms with Gasteiger partial charge in [0.05, 0.1) is 16.3 Å². The molecule has 0 spiro atoms. The molecule has 1 amide bonds. The summed E-state index contributed by atoms with van der Waals surface area (Å²) < 4.78 is 46.4. The number of hydrogen-bond acceptors (Lipinski definition) is 6.